The minimum atomic E-state index is -0.918. The second-order valence-corrected chi connectivity index (χ2v) is 4.46. The van der Waals surface area contributed by atoms with Gasteiger partial charge in [-0.2, -0.15) is 0 Å². The summed E-state index contributed by atoms with van der Waals surface area (Å²) >= 11 is 0. The molecular weight excluding hydrogens is 176 g/mol. The summed E-state index contributed by atoms with van der Waals surface area (Å²) in [6, 6.07) is 0. The van der Waals surface area contributed by atoms with Crippen LogP contribution in [0.15, 0.2) is 0 Å². The maximum Gasteiger partial charge on any atom is 0.0414 e. The van der Waals surface area contributed by atoms with Gasteiger partial charge >= 0.3 is 0 Å². The summed E-state index contributed by atoms with van der Waals surface area (Å²) in [6.45, 7) is 6.61. The van der Waals surface area contributed by atoms with E-state index in [1.54, 1.807) is 0 Å². The molecular formula is C12H23O2-. The largest absolute Gasteiger partial charge is 0.550 e. The van der Waals surface area contributed by atoms with Crippen molar-refractivity contribution in [3.63, 3.8) is 0 Å². The molecule has 0 amide bonds. The molecule has 0 N–H and O–H groups in total. The van der Waals surface area contributed by atoms with Gasteiger partial charge in [0.15, 0.2) is 0 Å². The van der Waals surface area contributed by atoms with E-state index in [0.29, 0.717) is 5.92 Å². The van der Waals surface area contributed by atoms with Crippen molar-refractivity contribution in [3.8, 4) is 0 Å². The predicted molar refractivity (Wildman–Crippen MR) is 56.7 cm³/mol. The van der Waals surface area contributed by atoms with E-state index in [-0.39, 0.29) is 6.42 Å². The molecule has 2 nitrogen and oxygen atoms in total. The first-order valence-corrected chi connectivity index (χ1v) is 5.76. The summed E-state index contributed by atoms with van der Waals surface area (Å²) in [7, 11) is 0. The Kier molecular flexibility index (Phi) is 7.54. The third-order valence-corrected chi connectivity index (χ3v) is 2.93. The van der Waals surface area contributed by atoms with Gasteiger partial charge in [-0.15, -0.1) is 0 Å². The smallest absolute Gasteiger partial charge is 0.0414 e. The van der Waals surface area contributed by atoms with Gasteiger partial charge in [-0.05, 0) is 24.7 Å². The first-order chi connectivity index (χ1) is 6.56. The van der Waals surface area contributed by atoms with Crippen LogP contribution >= 0.6 is 0 Å². The number of hydrogen-bond donors (Lipinski definition) is 0. The summed E-state index contributed by atoms with van der Waals surface area (Å²) in [5.74, 6) is 0.416. The molecule has 0 rings (SSSR count). The molecule has 2 atom stereocenters. The maximum absolute atomic E-state index is 10.2. The topological polar surface area (TPSA) is 40.1 Å². The molecule has 0 heterocycles. The zero-order valence-electron chi connectivity index (χ0n) is 9.71. The number of rotatable bonds is 8. The first kappa shape index (κ1) is 13.5. The van der Waals surface area contributed by atoms with Crippen LogP contribution in [0.3, 0.4) is 0 Å². The monoisotopic (exact) mass is 199 g/mol. The molecule has 0 aromatic rings. The highest BCUT2D eigenvalue weighted by Crippen LogP contribution is 2.17. The van der Waals surface area contributed by atoms with Crippen molar-refractivity contribution in [1.29, 1.82) is 0 Å². The van der Waals surface area contributed by atoms with Gasteiger partial charge in [0.05, 0.1) is 0 Å². The lowest BCUT2D eigenvalue weighted by atomic mass is 9.94. The van der Waals surface area contributed by atoms with E-state index in [1.165, 1.54) is 19.3 Å². The molecule has 0 bridgehead atoms. The van der Waals surface area contributed by atoms with Gasteiger partial charge in [0.25, 0.3) is 0 Å². The molecule has 84 valence electrons. The van der Waals surface area contributed by atoms with Gasteiger partial charge in [-0.3, -0.25) is 0 Å². The van der Waals surface area contributed by atoms with E-state index in [0.717, 1.165) is 18.8 Å². The average molecular weight is 199 g/mol. The van der Waals surface area contributed by atoms with E-state index in [4.69, 9.17) is 0 Å². The third kappa shape index (κ3) is 8.09. The Hall–Kier alpha value is -0.530. The van der Waals surface area contributed by atoms with E-state index < -0.39 is 5.97 Å². The van der Waals surface area contributed by atoms with Crippen LogP contribution in [0.5, 0.6) is 0 Å². The molecule has 2 unspecified atom stereocenters. The second-order valence-electron chi connectivity index (χ2n) is 4.46. The van der Waals surface area contributed by atoms with E-state index >= 15 is 0 Å². The molecule has 0 aromatic carbocycles. The molecule has 0 fully saturated rings. The standard InChI is InChI=1S/C12H24O2/c1-4-10(2)6-5-7-11(3)8-9-12(13)14/h10-11H,4-9H2,1-3H3,(H,13,14)/p-1. The van der Waals surface area contributed by atoms with E-state index in [2.05, 4.69) is 20.8 Å². The van der Waals surface area contributed by atoms with Gasteiger partial charge in [-0.1, -0.05) is 46.5 Å². The van der Waals surface area contributed by atoms with Crippen LogP contribution in [0.4, 0.5) is 0 Å². The van der Waals surface area contributed by atoms with Gasteiger partial charge in [0.2, 0.25) is 0 Å². The Labute approximate surface area is 87.7 Å². The van der Waals surface area contributed by atoms with Crippen LogP contribution in [-0.2, 0) is 4.79 Å². The number of carboxylic acid groups (broad SMARTS) is 1. The quantitative estimate of drug-likeness (QED) is 0.602. The molecule has 0 aliphatic rings. The number of carbonyl (C=O) groups is 1. The molecule has 0 aliphatic heterocycles. The molecule has 0 spiro atoms. The highest BCUT2D eigenvalue weighted by molar-refractivity contribution is 5.64. The molecule has 0 saturated carbocycles. The lowest BCUT2D eigenvalue weighted by Gasteiger charge is -2.13. The minimum Gasteiger partial charge on any atom is -0.550 e. The highest BCUT2D eigenvalue weighted by atomic mass is 16.4. The number of carboxylic acids is 1. The fourth-order valence-electron chi connectivity index (χ4n) is 1.53. The summed E-state index contributed by atoms with van der Waals surface area (Å²) in [5, 5.41) is 10.2. The first-order valence-electron chi connectivity index (χ1n) is 5.76. The van der Waals surface area contributed by atoms with Gasteiger partial charge in [-0.25, -0.2) is 0 Å². The number of aliphatic carboxylic acids is 1. The van der Waals surface area contributed by atoms with Crippen molar-refractivity contribution in [2.45, 2.75) is 59.3 Å². The molecule has 0 aromatic heterocycles. The van der Waals surface area contributed by atoms with Crippen molar-refractivity contribution in [2.75, 3.05) is 0 Å². The van der Waals surface area contributed by atoms with E-state index in [1.807, 2.05) is 0 Å². The van der Waals surface area contributed by atoms with Gasteiger partial charge in [0.1, 0.15) is 0 Å². The summed E-state index contributed by atoms with van der Waals surface area (Å²) < 4.78 is 0. The van der Waals surface area contributed by atoms with E-state index in [9.17, 15) is 9.90 Å². The second kappa shape index (κ2) is 7.84. The van der Waals surface area contributed by atoms with Gasteiger partial charge < -0.3 is 9.90 Å². The summed E-state index contributed by atoms with van der Waals surface area (Å²) in [5.41, 5.74) is 0. The Balaban J connectivity index is 3.35. The number of carbonyl (C=O) groups excluding carboxylic acids is 1. The van der Waals surface area contributed by atoms with Crippen molar-refractivity contribution >= 4 is 5.97 Å². The van der Waals surface area contributed by atoms with Crippen LogP contribution in [0.2, 0.25) is 0 Å². The normalized spacial score (nSPS) is 15.1. The van der Waals surface area contributed by atoms with Crippen LogP contribution in [0, 0.1) is 11.8 Å². The molecule has 0 aliphatic carbocycles. The summed E-state index contributed by atoms with van der Waals surface area (Å²) in [4.78, 5) is 10.2. The van der Waals surface area contributed by atoms with Crippen LogP contribution in [-0.4, -0.2) is 5.97 Å². The van der Waals surface area contributed by atoms with Crippen LogP contribution in [0.25, 0.3) is 0 Å². The average Bonchev–Trinajstić information content (AvgIpc) is 2.14. The Morgan fingerprint density at radius 2 is 1.71 bits per heavy atom. The number of hydrogen-bond acceptors (Lipinski definition) is 2. The summed E-state index contributed by atoms with van der Waals surface area (Å²) in [6.07, 6.45) is 5.87. The Morgan fingerprint density at radius 3 is 2.21 bits per heavy atom. The van der Waals surface area contributed by atoms with Crippen molar-refractivity contribution in [1.82, 2.24) is 0 Å². The third-order valence-electron chi connectivity index (χ3n) is 2.93. The van der Waals surface area contributed by atoms with Crippen molar-refractivity contribution < 1.29 is 9.90 Å². The lowest BCUT2D eigenvalue weighted by Crippen LogP contribution is -2.22. The molecule has 0 radical (unpaired) electrons. The fraction of sp³-hybridized carbons (Fsp3) is 0.917. The zero-order valence-corrected chi connectivity index (χ0v) is 9.71. The zero-order chi connectivity index (χ0) is 11.0. The predicted octanol–water partition coefficient (Wildman–Crippen LogP) is 2.37. The minimum absolute atomic E-state index is 0.213. The lowest BCUT2D eigenvalue weighted by molar-refractivity contribution is -0.306. The fourth-order valence-corrected chi connectivity index (χ4v) is 1.53. The Morgan fingerprint density at radius 1 is 1.14 bits per heavy atom. The SMILES string of the molecule is CCC(C)CCCC(C)CCC(=O)[O-]. The van der Waals surface area contributed by atoms with Crippen LogP contribution < -0.4 is 5.11 Å². The maximum atomic E-state index is 10.2. The molecule has 14 heavy (non-hydrogen) atoms. The van der Waals surface area contributed by atoms with Crippen LogP contribution in [0.1, 0.15) is 59.3 Å². The van der Waals surface area contributed by atoms with Crippen molar-refractivity contribution in [3.05, 3.63) is 0 Å². The molecule has 0 saturated heterocycles. The van der Waals surface area contributed by atoms with Gasteiger partial charge in [0, 0.05) is 5.97 Å². The van der Waals surface area contributed by atoms with Crippen molar-refractivity contribution in [2.24, 2.45) is 11.8 Å². The molecule has 2 heteroatoms. The Bertz CT molecular complexity index is 154. The highest BCUT2D eigenvalue weighted by Gasteiger charge is 2.04.